The molecule has 1 atom stereocenters. The number of hydrogen-bond acceptors (Lipinski definition) is 2. The predicted molar refractivity (Wildman–Crippen MR) is 54.3 cm³/mol. The number of likely N-dealkylation sites (tertiary alicyclic amines) is 1. The van der Waals surface area contributed by atoms with Gasteiger partial charge in [0.2, 0.25) is 5.91 Å². The molecule has 0 aromatic heterocycles. The molecule has 2 fully saturated rings. The van der Waals surface area contributed by atoms with Gasteiger partial charge < -0.3 is 10.0 Å². The minimum atomic E-state index is -0.769. The van der Waals surface area contributed by atoms with Crippen molar-refractivity contribution < 1.29 is 14.7 Å². The highest BCUT2D eigenvalue weighted by Gasteiger charge is 2.32. The van der Waals surface area contributed by atoms with E-state index in [-0.39, 0.29) is 11.8 Å². The third kappa shape index (κ3) is 2.30. The zero-order valence-electron chi connectivity index (χ0n) is 8.82. The van der Waals surface area contributed by atoms with E-state index in [1.807, 2.05) is 0 Å². The third-order valence-electron chi connectivity index (χ3n) is 3.58. The van der Waals surface area contributed by atoms with E-state index in [0.29, 0.717) is 31.8 Å². The van der Waals surface area contributed by atoms with Gasteiger partial charge in [0.25, 0.3) is 0 Å². The van der Waals surface area contributed by atoms with Gasteiger partial charge in [0, 0.05) is 19.5 Å². The summed E-state index contributed by atoms with van der Waals surface area (Å²) >= 11 is 0. The van der Waals surface area contributed by atoms with Crippen molar-refractivity contribution in [1.29, 1.82) is 0 Å². The lowest BCUT2D eigenvalue weighted by atomic mass is 9.83. The van der Waals surface area contributed by atoms with Crippen molar-refractivity contribution in [2.24, 2.45) is 11.8 Å². The van der Waals surface area contributed by atoms with Gasteiger partial charge in [0.1, 0.15) is 0 Å². The van der Waals surface area contributed by atoms with E-state index in [1.165, 1.54) is 19.3 Å². The molecule has 2 aliphatic rings. The minimum absolute atomic E-state index is 0.156. The van der Waals surface area contributed by atoms with Crippen LogP contribution in [0, 0.1) is 11.8 Å². The number of hydrogen-bond donors (Lipinski definition) is 1. The third-order valence-corrected chi connectivity index (χ3v) is 3.58. The number of rotatable bonds is 3. The SMILES string of the molecule is O=C(O)C1CCN(C(=O)CC2CCC2)C1. The summed E-state index contributed by atoms with van der Waals surface area (Å²) in [7, 11) is 0. The van der Waals surface area contributed by atoms with Gasteiger partial charge in [0.15, 0.2) is 0 Å². The fourth-order valence-electron chi connectivity index (χ4n) is 2.26. The molecule has 0 aromatic rings. The van der Waals surface area contributed by atoms with E-state index in [1.54, 1.807) is 4.90 Å². The number of carbonyl (C=O) groups excluding carboxylic acids is 1. The molecule has 4 nitrogen and oxygen atoms in total. The lowest BCUT2D eigenvalue weighted by Crippen LogP contribution is -2.32. The maximum absolute atomic E-state index is 11.7. The Bertz CT molecular complexity index is 273. The smallest absolute Gasteiger partial charge is 0.308 e. The first-order chi connectivity index (χ1) is 7.16. The molecule has 1 amide bonds. The van der Waals surface area contributed by atoms with Crippen LogP contribution in [0.25, 0.3) is 0 Å². The van der Waals surface area contributed by atoms with Gasteiger partial charge in [-0.15, -0.1) is 0 Å². The zero-order valence-corrected chi connectivity index (χ0v) is 8.82. The number of carboxylic acid groups (broad SMARTS) is 1. The molecule has 84 valence electrons. The highest BCUT2D eigenvalue weighted by Crippen LogP contribution is 2.30. The second kappa shape index (κ2) is 4.21. The average Bonchev–Trinajstić information content (AvgIpc) is 2.59. The van der Waals surface area contributed by atoms with Crippen molar-refractivity contribution in [2.75, 3.05) is 13.1 Å². The fourth-order valence-corrected chi connectivity index (χ4v) is 2.26. The Morgan fingerprint density at radius 3 is 2.47 bits per heavy atom. The molecular formula is C11H17NO3. The average molecular weight is 211 g/mol. The van der Waals surface area contributed by atoms with Crippen LogP contribution in [0.2, 0.25) is 0 Å². The van der Waals surface area contributed by atoms with Crippen molar-refractivity contribution >= 4 is 11.9 Å². The predicted octanol–water partition coefficient (Wildman–Crippen LogP) is 1.11. The maximum atomic E-state index is 11.7. The van der Waals surface area contributed by atoms with Gasteiger partial charge in [-0.1, -0.05) is 6.42 Å². The van der Waals surface area contributed by atoms with Crippen LogP contribution in [-0.2, 0) is 9.59 Å². The maximum Gasteiger partial charge on any atom is 0.308 e. The van der Waals surface area contributed by atoms with Crippen molar-refractivity contribution in [1.82, 2.24) is 4.90 Å². The summed E-state index contributed by atoms with van der Waals surface area (Å²) in [5.74, 6) is -0.380. The second-order valence-corrected chi connectivity index (χ2v) is 4.66. The highest BCUT2D eigenvalue weighted by molar-refractivity contribution is 5.79. The summed E-state index contributed by atoms with van der Waals surface area (Å²) in [6.45, 7) is 1.05. The molecule has 1 heterocycles. The van der Waals surface area contributed by atoms with E-state index in [0.717, 1.165) is 0 Å². The van der Waals surface area contributed by atoms with Gasteiger partial charge in [-0.3, -0.25) is 9.59 Å². The monoisotopic (exact) mass is 211 g/mol. The molecule has 1 aliphatic heterocycles. The molecule has 0 bridgehead atoms. The summed E-state index contributed by atoms with van der Waals surface area (Å²) in [6.07, 6.45) is 4.83. The Kier molecular flexibility index (Phi) is 2.93. The molecule has 0 aromatic carbocycles. The molecule has 4 heteroatoms. The summed E-state index contributed by atoms with van der Waals surface area (Å²) in [6, 6.07) is 0. The Balaban J connectivity index is 1.79. The van der Waals surface area contributed by atoms with Crippen LogP contribution < -0.4 is 0 Å². The van der Waals surface area contributed by atoms with E-state index in [2.05, 4.69) is 0 Å². The van der Waals surface area contributed by atoms with Crippen molar-refractivity contribution in [3.63, 3.8) is 0 Å². The topological polar surface area (TPSA) is 57.6 Å². The van der Waals surface area contributed by atoms with Gasteiger partial charge in [-0.25, -0.2) is 0 Å². The van der Waals surface area contributed by atoms with Gasteiger partial charge in [0.05, 0.1) is 5.92 Å². The molecule has 1 saturated heterocycles. The number of amides is 1. The molecule has 2 rings (SSSR count). The molecule has 0 spiro atoms. The number of nitrogens with zero attached hydrogens (tertiary/aromatic N) is 1. The van der Waals surface area contributed by atoms with Gasteiger partial charge >= 0.3 is 5.97 Å². The van der Waals surface area contributed by atoms with E-state index in [4.69, 9.17) is 5.11 Å². The minimum Gasteiger partial charge on any atom is -0.481 e. The molecule has 1 unspecified atom stereocenters. The Labute approximate surface area is 89.3 Å². The van der Waals surface area contributed by atoms with Crippen molar-refractivity contribution in [2.45, 2.75) is 32.1 Å². The second-order valence-electron chi connectivity index (χ2n) is 4.66. The van der Waals surface area contributed by atoms with E-state index in [9.17, 15) is 9.59 Å². The molecule has 1 saturated carbocycles. The van der Waals surface area contributed by atoms with Crippen LogP contribution in [0.5, 0.6) is 0 Å². The summed E-state index contributed by atoms with van der Waals surface area (Å²) in [5.41, 5.74) is 0. The van der Waals surface area contributed by atoms with Crippen LogP contribution in [0.15, 0.2) is 0 Å². The first-order valence-corrected chi connectivity index (χ1v) is 5.67. The van der Waals surface area contributed by atoms with E-state index >= 15 is 0 Å². The number of carbonyl (C=O) groups is 2. The molecule has 1 N–H and O–H groups in total. The number of aliphatic carboxylic acids is 1. The summed E-state index contributed by atoms with van der Waals surface area (Å²) in [4.78, 5) is 24.2. The molecule has 1 aliphatic carbocycles. The number of carboxylic acids is 1. The first-order valence-electron chi connectivity index (χ1n) is 5.67. The van der Waals surface area contributed by atoms with Crippen LogP contribution in [-0.4, -0.2) is 35.0 Å². The Hall–Kier alpha value is -1.06. The Morgan fingerprint density at radius 1 is 1.27 bits per heavy atom. The fraction of sp³-hybridized carbons (Fsp3) is 0.818. The standard InChI is InChI=1S/C11H17NO3/c13-10(6-8-2-1-3-8)12-5-4-9(7-12)11(14)15/h8-9H,1-7H2,(H,14,15). The van der Waals surface area contributed by atoms with Crippen LogP contribution >= 0.6 is 0 Å². The lowest BCUT2D eigenvalue weighted by molar-refractivity contribution is -0.141. The normalized spacial score (nSPS) is 26.4. The van der Waals surface area contributed by atoms with Gasteiger partial charge in [-0.05, 0) is 25.2 Å². The Morgan fingerprint density at radius 2 is 2.00 bits per heavy atom. The summed E-state index contributed by atoms with van der Waals surface area (Å²) < 4.78 is 0. The van der Waals surface area contributed by atoms with E-state index < -0.39 is 5.97 Å². The van der Waals surface area contributed by atoms with Gasteiger partial charge in [-0.2, -0.15) is 0 Å². The first kappa shape index (κ1) is 10.5. The molecular weight excluding hydrogens is 194 g/mol. The zero-order chi connectivity index (χ0) is 10.8. The molecule has 15 heavy (non-hydrogen) atoms. The van der Waals surface area contributed by atoms with Crippen molar-refractivity contribution in [3.8, 4) is 0 Å². The van der Waals surface area contributed by atoms with Crippen LogP contribution in [0.1, 0.15) is 32.1 Å². The van der Waals surface area contributed by atoms with Crippen LogP contribution in [0.3, 0.4) is 0 Å². The molecule has 0 radical (unpaired) electrons. The quantitative estimate of drug-likeness (QED) is 0.760. The van der Waals surface area contributed by atoms with Crippen molar-refractivity contribution in [3.05, 3.63) is 0 Å². The van der Waals surface area contributed by atoms with Crippen LogP contribution in [0.4, 0.5) is 0 Å². The lowest BCUT2D eigenvalue weighted by Gasteiger charge is -2.27. The summed E-state index contributed by atoms with van der Waals surface area (Å²) in [5, 5.41) is 8.81. The largest absolute Gasteiger partial charge is 0.481 e. The highest BCUT2D eigenvalue weighted by atomic mass is 16.4.